The van der Waals surface area contributed by atoms with E-state index in [4.69, 9.17) is 25.8 Å². The third-order valence-electron chi connectivity index (χ3n) is 11.8. The number of hydrogen-bond acceptors (Lipinski definition) is 10. The summed E-state index contributed by atoms with van der Waals surface area (Å²) in [6, 6.07) is 24.2. The molecule has 456 valence electrons. The summed E-state index contributed by atoms with van der Waals surface area (Å²) in [4.78, 5) is 72.2. The van der Waals surface area contributed by atoms with Gasteiger partial charge in [-0.2, -0.15) is 39.5 Å². The molecule has 0 aromatic heterocycles. The van der Waals surface area contributed by atoms with E-state index in [0.29, 0.717) is 22.9 Å². The van der Waals surface area contributed by atoms with Crippen LogP contribution in [0.3, 0.4) is 0 Å². The summed E-state index contributed by atoms with van der Waals surface area (Å²) in [6.07, 6.45) is -5.65. The predicted octanol–water partition coefficient (Wildman–Crippen LogP) is 15.8. The molecule has 3 amide bonds. The summed E-state index contributed by atoms with van der Waals surface area (Å²) in [5.41, 5.74) is -2.12. The molecule has 3 aliphatic carbocycles. The van der Waals surface area contributed by atoms with Crippen LogP contribution in [0.5, 0.6) is 40.2 Å². The number of alkyl halides is 12. The third kappa shape index (κ3) is 19.2. The van der Waals surface area contributed by atoms with Gasteiger partial charge in [-0.15, -0.1) is 13.2 Å². The Hall–Kier alpha value is -10.2. The molecular weight excluding hydrogens is 1210 g/mol. The first-order valence-corrected chi connectivity index (χ1v) is 25.8. The molecule has 0 fully saturated rings. The van der Waals surface area contributed by atoms with Crippen LogP contribution in [-0.4, -0.2) is 41.4 Å². The Morgan fingerprint density at radius 1 is 0.420 bits per heavy atom. The van der Waals surface area contributed by atoms with Gasteiger partial charge in [0.15, 0.2) is 28.8 Å². The molecule has 88 heavy (non-hydrogen) atoms. The number of benzene rings is 6. The van der Waals surface area contributed by atoms with Crippen molar-refractivity contribution in [3.63, 3.8) is 0 Å². The Morgan fingerprint density at radius 3 is 1.08 bits per heavy atom. The number of hydrogen-bond donors (Lipinski definition) is 3. The lowest BCUT2D eigenvalue weighted by atomic mass is 10.1. The van der Waals surface area contributed by atoms with Crippen molar-refractivity contribution in [1.29, 1.82) is 0 Å². The molecule has 3 N–H and O–H groups in total. The van der Waals surface area contributed by atoms with Gasteiger partial charge in [0.2, 0.25) is 0 Å². The number of para-hydroxylation sites is 2. The van der Waals surface area contributed by atoms with Crippen LogP contribution in [0.4, 0.5) is 52.7 Å². The lowest BCUT2D eigenvalue weighted by molar-refractivity contribution is -0.275. The second-order valence-electron chi connectivity index (χ2n) is 18.6. The fourth-order valence-corrected chi connectivity index (χ4v) is 7.84. The van der Waals surface area contributed by atoms with Crippen molar-refractivity contribution in [2.24, 2.45) is 0 Å². The largest absolute Gasteiger partial charge is 0.573 e. The minimum atomic E-state index is -5.08. The van der Waals surface area contributed by atoms with Gasteiger partial charge in [-0.3, -0.25) is 28.8 Å². The Labute approximate surface area is 495 Å². The summed E-state index contributed by atoms with van der Waals surface area (Å²) in [7, 11) is 0. The van der Waals surface area contributed by atoms with Crippen LogP contribution in [0.2, 0.25) is 5.02 Å². The standard InChI is InChI=1S/C21H13F6NO4.C21H16F3NO3.C20H13ClF3NO3/c22-20(23,24)12-8-9-15(19(30)28-13-4-3-5-14(29)11-13)18(10-12)31-16-6-1-2-7-17(16)32-21(25,26)27;1-13-5-8-17(9-6-13)28-19-11-14(21(22,23)24)7-10-18(19)20(27)25-15-3-2-4-16(26)12-15;21-13-5-7-16(8-6-13)28-18-10-12(20(22,23)24)4-9-17(18)19(27)25-14-2-1-3-15(26)11-14/h1-4,6-11H,5H2,(H,28,30);2-3,5-12H,4H2,1H3,(H,25,27);1-2,4-11H,3H2,(H,25,27). The van der Waals surface area contributed by atoms with Gasteiger partial charge in [0, 0.05) is 59.6 Å². The van der Waals surface area contributed by atoms with E-state index >= 15 is 0 Å². The van der Waals surface area contributed by atoms with Crippen LogP contribution in [0, 0.1) is 6.92 Å². The highest BCUT2D eigenvalue weighted by atomic mass is 35.5. The first-order chi connectivity index (χ1) is 41.4. The van der Waals surface area contributed by atoms with Gasteiger partial charge in [0.1, 0.15) is 28.7 Å². The molecule has 0 saturated carbocycles. The summed E-state index contributed by atoms with van der Waals surface area (Å²) >= 11 is 5.79. The van der Waals surface area contributed by atoms with Crippen LogP contribution in [0.1, 0.15) is 72.6 Å². The minimum Gasteiger partial charge on any atom is -0.457 e. The summed E-state index contributed by atoms with van der Waals surface area (Å²) in [6.45, 7) is 1.86. The van der Waals surface area contributed by atoms with Gasteiger partial charge in [-0.05, 0) is 128 Å². The molecule has 6 aromatic carbocycles. The zero-order valence-corrected chi connectivity index (χ0v) is 45.7. The maximum absolute atomic E-state index is 13.2. The zero-order chi connectivity index (χ0) is 64.1. The highest BCUT2D eigenvalue weighted by Crippen LogP contribution is 2.41. The maximum Gasteiger partial charge on any atom is 0.573 e. The molecule has 0 atom stereocenters. The maximum atomic E-state index is 13.2. The van der Waals surface area contributed by atoms with Crippen molar-refractivity contribution in [1.82, 2.24) is 16.0 Å². The molecule has 0 spiro atoms. The van der Waals surface area contributed by atoms with E-state index in [0.717, 1.165) is 66.2 Å². The fourth-order valence-electron chi connectivity index (χ4n) is 7.71. The average Bonchev–Trinajstić information content (AvgIpc) is 1.48. The summed E-state index contributed by atoms with van der Waals surface area (Å²) in [5.74, 6) is -5.04. The van der Waals surface area contributed by atoms with Gasteiger partial charge >= 0.3 is 24.9 Å². The van der Waals surface area contributed by atoms with Crippen LogP contribution >= 0.6 is 11.6 Å². The van der Waals surface area contributed by atoms with E-state index in [1.54, 1.807) is 48.6 Å². The fraction of sp³-hybridized carbons (Fsp3) is 0.129. The van der Waals surface area contributed by atoms with Gasteiger partial charge in [0.25, 0.3) is 17.7 Å². The number of amides is 3. The van der Waals surface area contributed by atoms with Crippen molar-refractivity contribution in [2.75, 3.05) is 0 Å². The van der Waals surface area contributed by atoms with E-state index in [1.807, 2.05) is 6.92 Å². The van der Waals surface area contributed by atoms with Crippen molar-refractivity contribution >= 4 is 46.7 Å². The number of allylic oxidation sites excluding steroid dienone is 9. The number of rotatable bonds is 13. The molecule has 13 nitrogen and oxygen atoms in total. The van der Waals surface area contributed by atoms with Crippen molar-refractivity contribution < 1.29 is 100 Å². The van der Waals surface area contributed by atoms with Crippen molar-refractivity contribution in [3.8, 4) is 40.2 Å². The topological polar surface area (TPSA) is 175 Å². The predicted molar refractivity (Wildman–Crippen MR) is 293 cm³/mol. The molecule has 3 aliphatic rings. The number of ether oxygens (including phenoxy) is 4. The van der Waals surface area contributed by atoms with Crippen LogP contribution < -0.4 is 34.9 Å². The SMILES string of the molecule is Cc1ccc(Oc2cc(C(F)(F)F)ccc2C(=O)NC2=CC(=O)CC=C2)cc1.O=C1C=C(NC(=O)c2ccc(C(F)(F)F)cc2Oc2ccc(Cl)cc2)C=CC1.O=C1C=C(NC(=O)c2ccc(C(F)(F)F)cc2Oc2ccccc2OC(F)(F)F)C=CC1. The van der Waals surface area contributed by atoms with Crippen molar-refractivity contribution in [3.05, 3.63) is 243 Å². The first kappa shape index (κ1) is 65.4. The molecule has 0 saturated heterocycles. The highest BCUT2D eigenvalue weighted by Gasteiger charge is 2.36. The van der Waals surface area contributed by atoms with E-state index in [1.165, 1.54) is 60.7 Å². The Kier molecular flexibility index (Phi) is 20.7. The normalized spacial score (nSPS) is 13.9. The number of aryl methyl sites for hydroxylation is 1. The molecule has 26 heteroatoms. The number of halogens is 13. The lowest BCUT2D eigenvalue weighted by Gasteiger charge is -2.17. The zero-order valence-electron chi connectivity index (χ0n) is 44.9. The monoisotopic (exact) mass is 1250 g/mol. The smallest absolute Gasteiger partial charge is 0.457 e. The molecule has 0 aliphatic heterocycles. The first-order valence-electron chi connectivity index (χ1n) is 25.4. The number of carbonyl (C=O) groups excluding carboxylic acids is 6. The van der Waals surface area contributed by atoms with Gasteiger partial charge in [0.05, 0.1) is 33.4 Å². The molecule has 0 radical (unpaired) electrons. The second-order valence-corrected chi connectivity index (χ2v) is 19.0. The Bertz CT molecular complexity index is 3680. The number of ketones is 3. The van der Waals surface area contributed by atoms with Crippen LogP contribution in [0.15, 0.2) is 199 Å². The molecule has 0 unspecified atom stereocenters. The van der Waals surface area contributed by atoms with E-state index in [9.17, 15) is 81.5 Å². The number of carbonyl (C=O) groups is 6. The van der Waals surface area contributed by atoms with E-state index in [2.05, 4.69) is 20.7 Å². The third-order valence-corrected chi connectivity index (χ3v) is 12.1. The number of nitrogens with one attached hydrogen (secondary N) is 3. The van der Waals surface area contributed by atoms with Crippen LogP contribution in [-0.2, 0) is 32.9 Å². The second kappa shape index (κ2) is 27.9. The quantitative estimate of drug-likeness (QED) is 0.0944. The van der Waals surface area contributed by atoms with E-state index in [-0.39, 0.29) is 82.1 Å². The lowest BCUT2D eigenvalue weighted by Crippen LogP contribution is -2.24. The molecule has 9 rings (SSSR count). The van der Waals surface area contributed by atoms with Crippen LogP contribution in [0.25, 0.3) is 0 Å². The van der Waals surface area contributed by atoms with Crippen molar-refractivity contribution in [2.45, 2.75) is 51.1 Å². The molecule has 6 aromatic rings. The molecule has 0 bridgehead atoms. The van der Waals surface area contributed by atoms with Gasteiger partial charge < -0.3 is 34.9 Å². The Balaban J connectivity index is 0.000000189. The van der Waals surface area contributed by atoms with E-state index < -0.39 is 82.1 Å². The average molecular weight is 1250 g/mol. The highest BCUT2D eigenvalue weighted by molar-refractivity contribution is 6.30. The Morgan fingerprint density at radius 2 is 0.750 bits per heavy atom. The molecule has 0 heterocycles. The van der Waals surface area contributed by atoms with Gasteiger partial charge in [-0.1, -0.05) is 59.7 Å². The molecular formula is C62H42ClF12N3O10. The summed E-state index contributed by atoms with van der Waals surface area (Å²) in [5, 5.41) is 7.77. The minimum absolute atomic E-state index is 0.0825. The summed E-state index contributed by atoms with van der Waals surface area (Å²) < 4.78 is 176. The van der Waals surface area contributed by atoms with Gasteiger partial charge in [-0.25, -0.2) is 0 Å².